The molecular formula is C15H10BrN3. The molecule has 0 unspecified atom stereocenters. The average molecular weight is 312 g/mol. The molecule has 0 amide bonds. The Kier molecular flexibility index (Phi) is 3.33. The van der Waals surface area contributed by atoms with E-state index >= 15 is 0 Å². The lowest BCUT2D eigenvalue weighted by Gasteiger charge is -2.08. The van der Waals surface area contributed by atoms with Crippen molar-refractivity contribution in [3.63, 3.8) is 0 Å². The Hall–Kier alpha value is -2.07. The Morgan fingerprint density at radius 2 is 1.42 bits per heavy atom. The van der Waals surface area contributed by atoms with E-state index in [9.17, 15) is 0 Å². The standard InChI is InChI=1S/C15H10BrN3/c16-15-18-10-17-14(19-15)13-9-5-4-8-12(13)11-6-2-1-3-7-11/h1-10H. The van der Waals surface area contributed by atoms with Gasteiger partial charge in [0.25, 0.3) is 0 Å². The average Bonchev–Trinajstić information content (AvgIpc) is 2.48. The first kappa shape index (κ1) is 12.0. The van der Waals surface area contributed by atoms with Crippen LogP contribution in [0.15, 0.2) is 65.7 Å². The third kappa shape index (κ3) is 2.53. The summed E-state index contributed by atoms with van der Waals surface area (Å²) in [4.78, 5) is 12.5. The molecule has 0 aliphatic carbocycles. The minimum absolute atomic E-state index is 0.542. The summed E-state index contributed by atoms with van der Waals surface area (Å²) < 4.78 is 0.542. The highest BCUT2D eigenvalue weighted by Crippen LogP contribution is 2.29. The van der Waals surface area contributed by atoms with Gasteiger partial charge in [0.2, 0.25) is 0 Å². The Balaban J connectivity index is 2.18. The van der Waals surface area contributed by atoms with Crippen molar-refractivity contribution < 1.29 is 0 Å². The van der Waals surface area contributed by atoms with Crippen LogP contribution in [0, 0.1) is 0 Å². The Labute approximate surface area is 119 Å². The topological polar surface area (TPSA) is 38.7 Å². The number of nitrogens with zero attached hydrogens (tertiary/aromatic N) is 3. The van der Waals surface area contributed by atoms with Gasteiger partial charge in [0.1, 0.15) is 6.33 Å². The van der Waals surface area contributed by atoms with Gasteiger partial charge in [-0.15, -0.1) is 0 Å². The lowest BCUT2D eigenvalue weighted by atomic mass is 9.99. The lowest BCUT2D eigenvalue weighted by molar-refractivity contribution is 1.02. The van der Waals surface area contributed by atoms with Gasteiger partial charge in [-0.3, -0.25) is 0 Å². The van der Waals surface area contributed by atoms with E-state index in [0.29, 0.717) is 10.6 Å². The first-order chi connectivity index (χ1) is 9.34. The third-order valence-electron chi connectivity index (χ3n) is 2.80. The van der Waals surface area contributed by atoms with Crippen molar-refractivity contribution in [1.82, 2.24) is 15.0 Å². The van der Waals surface area contributed by atoms with Crippen molar-refractivity contribution >= 4 is 15.9 Å². The minimum atomic E-state index is 0.542. The van der Waals surface area contributed by atoms with Crippen molar-refractivity contribution in [3.05, 3.63) is 65.7 Å². The van der Waals surface area contributed by atoms with Crippen LogP contribution in [0.25, 0.3) is 22.5 Å². The van der Waals surface area contributed by atoms with E-state index in [1.165, 1.54) is 6.33 Å². The van der Waals surface area contributed by atoms with Crippen LogP contribution in [0.1, 0.15) is 0 Å². The molecule has 3 aromatic rings. The summed E-state index contributed by atoms with van der Waals surface area (Å²) in [6.45, 7) is 0. The molecule has 0 N–H and O–H groups in total. The molecule has 0 aliphatic rings. The van der Waals surface area contributed by atoms with Crippen LogP contribution >= 0.6 is 15.9 Å². The molecule has 3 nitrogen and oxygen atoms in total. The van der Waals surface area contributed by atoms with Gasteiger partial charge in [0, 0.05) is 5.56 Å². The molecule has 0 aliphatic heterocycles. The first-order valence-electron chi connectivity index (χ1n) is 5.84. The van der Waals surface area contributed by atoms with Crippen LogP contribution in [-0.4, -0.2) is 15.0 Å². The van der Waals surface area contributed by atoms with E-state index < -0.39 is 0 Å². The fourth-order valence-electron chi connectivity index (χ4n) is 1.95. The van der Waals surface area contributed by atoms with E-state index in [1.54, 1.807) is 0 Å². The first-order valence-corrected chi connectivity index (χ1v) is 6.63. The summed E-state index contributed by atoms with van der Waals surface area (Å²) in [7, 11) is 0. The summed E-state index contributed by atoms with van der Waals surface area (Å²) >= 11 is 3.28. The van der Waals surface area contributed by atoms with Crippen LogP contribution < -0.4 is 0 Å². The minimum Gasteiger partial charge on any atom is -0.216 e. The largest absolute Gasteiger partial charge is 0.216 e. The van der Waals surface area contributed by atoms with Crippen molar-refractivity contribution in [2.45, 2.75) is 0 Å². The number of halogens is 1. The molecule has 1 heterocycles. The molecule has 19 heavy (non-hydrogen) atoms. The van der Waals surface area contributed by atoms with Gasteiger partial charge in [0.05, 0.1) is 0 Å². The number of hydrogen-bond acceptors (Lipinski definition) is 3. The second kappa shape index (κ2) is 5.28. The predicted octanol–water partition coefficient (Wildman–Crippen LogP) is 3.97. The van der Waals surface area contributed by atoms with Gasteiger partial charge in [-0.1, -0.05) is 54.6 Å². The quantitative estimate of drug-likeness (QED) is 0.719. The molecule has 0 saturated heterocycles. The van der Waals surface area contributed by atoms with Gasteiger partial charge >= 0.3 is 0 Å². The third-order valence-corrected chi connectivity index (χ3v) is 3.18. The highest BCUT2D eigenvalue weighted by atomic mass is 79.9. The molecular weight excluding hydrogens is 302 g/mol. The molecule has 0 fully saturated rings. The molecule has 92 valence electrons. The summed E-state index contributed by atoms with van der Waals surface area (Å²) in [6.07, 6.45) is 1.51. The zero-order valence-electron chi connectivity index (χ0n) is 9.99. The molecule has 0 spiro atoms. The van der Waals surface area contributed by atoms with Crippen LogP contribution in [0.5, 0.6) is 0 Å². The zero-order chi connectivity index (χ0) is 13.1. The van der Waals surface area contributed by atoms with Crippen LogP contribution in [-0.2, 0) is 0 Å². The van der Waals surface area contributed by atoms with E-state index in [1.807, 2.05) is 36.4 Å². The number of rotatable bonds is 2. The maximum Gasteiger partial charge on any atom is 0.200 e. The molecule has 3 rings (SSSR count). The Morgan fingerprint density at radius 1 is 0.737 bits per heavy atom. The molecule has 0 bridgehead atoms. The van der Waals surface area contributed by atoms with Crippen LogP contribution in [0.4, 0.5) is 0 Å². The lowest BCUT2D eigenvalue weighted by Crippen LogP contribution is -1.93. The summed E-state index contributed by atoms with van der Waals surface area (Å²) in [5, 5.41) is 0. The van der Waals surface area contributed by atoms with Gasteiger partial charge in [0.15, 0.2) is 10.6 Å². The van der Waals surface area contributed by atoms with Gasteiger partial charge in [-0.2, -0.15) is 0 Å². The monoisotopic (exact) mass is 311 g/mol. The normalized spacial score (nSPS) is 10.4. The maximum absolute atomic E-state index is 4.32. The smallest absolute Gasteiger partial charge is 0.200 e. The Morgan fingerprint density at radius 3 is 2.16 bits per heavy atom. The van der Waals surface area contributed by atoms with Crippen molar-refractivity contribution in [3.8, 4) is 22.5 Å². The molecule has 2 aromatic carbocycles. The number of aromatic nitrogens is 3. The maximum atomic E-state index is 4.32. The van der Waals surface area contributed by atoms with Gasteiger partial charge < -0.3 is 0 Å². The summed E-state index contributed by atoms with van der Waals surface area (Å²) in [5.74, 6) is 0.668. The predicted molar refractivity (Wildman–Crippen MR) is 78.4 cm³/mol. The molecule has 4 heteroatoms. The SMILES string of the molecule is Brc1ncnc(-c2ccccc2-c2ccccc2)n1. The van der Waals surface area contributed by atoms with Crippen LogP contribution in [0.2, 0.25) is 0 Å². The Bertz CT molecular complexity index is 699. The van der Waals surface area contributed by atoms with Crippen molar-refractivity contribution in [2.75, 3.05) is 0 Å². The van der Waals surface area contributed by atoms with E-state index in [2.05, 4.69) is 49.1 Å². The van der Waals surface area contributed by atoms with Crippen LogP contribution in [0.3, 0.4) is 0 Å². The van der Waals surface area contributed by atoms with E-state index in [-0.39, 0.29) is 0 Å². The number of benzene rings is 2. The fourth-order valence-corrected chi connectivity index (χ4v) is 2.21. The molecule has 0 saturated carbocycles. The molecule has 0 radical (unpaired) electrons. The van der Waals surface area contributed by atoms with Gasteiger partial charge in [-0.05, 0) is 27.1 Å². The fraction of sp³-hybridized carbons (Fsp3) is 0. The molecule has 1 aromatic heterocycles. The number of hydrogen-bond donors (Lipinski definition) is 0. The second-order valence-corrected chi connectivity index (χ2v) is 4.70. The highest BCUT2D eigenvalue weighted by molar-refractivity contribution is 9.10. The highest BCUT2D eigenvalue weighted by Gasteiger charge is 2.09. The zero-order valence-corrected chi connectivity index (χ0v) is 11.6. The van der Waals surface area contributed by atoms with Gasteiger partial charge in [-0.25, -0.2) is 15.0 Å². The van der Waals surface area contributed by atoms with Crippen molar-refractivity contribution in [1.29, 1.82) is 0 Å². The summed E-state index contributed by atoms with van der Waals surface area (Å²) in [5.41, 5.74) is 3.26. The van der Waals surface area contributed by atoms with E-state index in [0.717, 1.165) is 16.7 Å². The van der Waals surface area contributed by atoms with E-state index in [4.69, 9.17) is 0 Å². The summed E-state index contributed by atoms with van der Waals surface area (Å²) in [6, 6.07) is 18.3. The van der Waals surface area contributed by atoms with Crippen molar-refractivity contribution in [2.24, 2.45) is 0 Å². The molecule has 0 atom stereocenters. The second-order valence-electron chi connectivity index (χ2n) is 3.99.